The minimum atomic E-state index is -4.64. The molecule has 1 aromatic rings. The van der Waals surface area contributed by atoms with E-state index in [0.717, 1.165) is 18.9 Å². The average molecular weight is 346 g/mol. The summed E-state index contributed by atoms with van der Waals surface area (Å²) in [5.41, 5.74) is -0.921. The summed E-state index contributed by atoms with van der Waals surface area (Å²) in [5.74, 6) is 0.693. The van der Waals surface area contributed by atoms with Gasteiger partial charge in [0.05, 0.1) is 10.5 Å². The Kier molecular flexibility index (Phi) is 3.92. The molecule has 1 aliphatic carbocycles. The first-order valence-electron chi connectivity index (χ1n) is 7.30. The molecule has 1 fully saturated rings. The lowest BCUT2D eigenvalue weighted by molar-refractivity contribution is -0.137. The molecule has 0 saturated carbocycles. The molecule has 0 bridgehead atoms. The Morgan fingerprint density at radius 2 is 1.65 bits per heavy atom. The molecule has 0 radical (unpaired) electrons. The van der Waals surface area contributed by atoms with Gasteiger partial charge in [-0.15, -0.1) is 0 Å². The molecular formula is C15H17F3N2O2S. The van der Waals surface area contributed by atoms with Crippen molar-refractivity contribution in [2.45, 2.75) is 23.9 Å². The van der Waals surface area contributed by atoms with Gasteiger partial charge in [-0.3, -0.25) is 0 Å². The Balaban J connectivity index is 1.99. The monoisotopic (exact) mass is 346 g/mol. The number of sulfonamides is 1. The molecule has 2 N–H and O–H groups in total. The fraction of sp³-hybridized carbons (Fsp3) is 0.467. The van der Waals surface area contributed by atoms with Crippen LogP contribution in [0.3, 0.4) is 0 Å². The number of allylic oxidation sites excluding steroid dienone is 2. The van der Waals surface area contributed by atoms with E-state index >= 15 is 0 Å². The molecule has 1 saturated heterocycles. The van der Waals surface area contributed by atoms with Gasteiger partial charge in [-0.05, 0) is 42.9 Å². The lowest BCUT2D eigenvalue weighted by Gasteiger charge is -2.23. The van der Waals surface area contributed by atoms with Crippen molar-refractivity contribution in [3.63, 3.8) is 0 Å². The first-order chi connectivity index (χ1) is 10.7. The van der Waals surface area contributed by atoms with Gasteiger partial charge in [0.1, 0.15) is 0 Å². The number of primary sulfonamides is 1. The first kappa shape index (κ1) is 16.3. The minimum absolute atomic E-state index is 0.0271. The Labute approximate surface area is 132 Å². The van der Waals surface area contributed by atoms with Crippen LogP contribution in [0.15, 0.2) is 35.2 Å². The number of nitrogens with zero attached hydrogens (tertiary/aromatic N) is 1. The van der Waals surface area contributed by atoms with E-state index in [1.165, 1.54) is 6.07 Å². The normalized spacial score (nSPS) is 24.8. The molecule has 126 valence electrons. The minimum Gasteiger partial charge on any atom is -0.370 e. The number of rotatable bonds is 2. The number of halogens is 3. The molecule has 0 aromatic heterocycles. The third kappa shape index (κ3) is 3.23. The molecule has 1 aromatic carbocycles. The van der Waals surface area contributed by atoms with Gasteiger partial charge in [0.15, 0.2) is 0 Å². The fourth-order valence-corrected chi connectivity index (χ4v) is 3.95. The number of fused-ring (bicyclic) bond motifs is 1. The number of anilines is 1. The topological polar surface area (TPSA) is 63.4 Å². The predicted molar refractivity (Wildman–Crippen MR) is 80.4 cm³/mol. The van der Waals surface area contributed by atoms with Crippen LogP contribution in [-0.2, 0) is 16.2 Å². The van der Waals surface area contributed by atoms with Crippen molar-refractivity contribution in [2.75, 3.05) is 18.0 Å². The van der Waals surface area contributed by atoms with Crippen molar-refractivity contribution in [2.24, 2.45) is 17.0 Å². The molecule has 0 amide bonds. The van der Waals surface area contributed by atoms with Gasteiger partial charge in [0.2, 0.25) is 10.0 Å². The zero-order valence-electron chi connectivity index (χ0n) is 12.3. The standard InChI is InChI=1S/C15H17F3N2O2S/c16-15(17,18)13-7-12(23(19,21)22)5-6-14(13)20-8-10-3-1-2-4-11(10)9-20/h1-2,5-7,10-11H,3-4,8-9H2,(H2,19,21,22). The van der Waals surface area contributed by atoms with Crippen LogP contribution in [0.2, 0.25) is 0 Å². The number of alkyl halides is 3. The maximum absolute atomic E-state index is 13.4. The molecule has 23 heavy (non-hydrogen) atoms. The van der Waals surface area contributed by atoms with Crippen LogP contribution < -0.4 is 10.0 Å². The van der Waals surface area contributed by atoms with E-state index in [0.29, 0.717) is 31.0 Å². The molecule has 1 heterocycles. The number of hydrogen-bond acceptors (Lipinski definition) is 3. The SMILES string of the molecule is NS(=O)(=O)c1ccc(N2CC3CC=CCC3C2)c(C(F)(F)F)c1. The Bertz CT molecular complexity index is 728. The Hall–Kier alpha value is -1.54. The summed E-state index contributed by atoms with van der Waals surface area (Å²) in [5, 5.41) is 4.95. The predicted octanol–water partition coefficient (Wildman–Crippen LogP) is 2.76. The van der Waals surface area contributed by atoms with Gasteiger partial charge >= 0.3 is 6.18 Å². The zero-order valence-corrected chi connectivity index (χ0v) is 13.1. The van der Waals surface area contributed by atoms with Crippen LogP contribution in [0, 0.1) is 11.8 Å². The second-order valence-electron chi connectivity index (χ2n) is 6.09. The van der Waals surface area contributed by atoms with E-state index < -0.39 is 26.7 Å². The summed E-state index contributed by atoms with van der Waals surface area (Å²) in [7, 11) is -4.18. The van der Waals surface area contributed by atoms with Gasteiger partial charge in [-0.25, -0.2) is 13.6 Å². The second kappa shape index (κ2) is 5.52. The molecule has 2 atom stereocenters. The molecule has 4 nitrogen and oxygen atoms in total. The van der Waals surface area contributed by atoms with Crippen molar-refractivity contribution in [1.29, 1.82) is 0 Å². The van der Waals surface area contributed by atoms with E-state index in [1.807, 2.05) is 0 Å². The van der Waals surface area contributed by atoms with Crippen molar-refractivity contribution in [3.8, 4) is 0 Å². The third-order valence-corrected chi connectivity index (χ3v) is 5.47. The van der Waals surface area contributed by atoms with Gasteiger partial charge in [0.25, 0.3) is 0 Å². The second-order valence-corrected chi connectivity index (χ2v) is 7.65. The fourth-order valence-electron chi connectivity index (χ4n) is 3.41. The molecule has 8 heteroatoms. The van der Waals surface area contributed by atoms with E-state index in [1.54, 1.807) is 4.90 Å². The van der Waals surface area contributed by atoms with E-state index in [9.17, 15) is 21.6 Å². The summed E-state index contributed by atoms with van der Waals surface area (Å²) in [6.07, 6.45) is 1.25. The van der Waals surface area contributed by atoms with Gasteiger partial charge in [0, 0.05) is 18.8 Å². The van der Waals surface area contributed by atoms with Crippen LogP contribution in [0.5, 0.6) is 0 Å². The molecule has 2 aliphatic rings. The third-order valence-electron chi connectivity index (χ3n) is 4.56. The maximum atomic E-state index is 13.4. The first-order valence-corrected chi connectivity index (χ1v) is 8.85. The summed E-state index contributed by atoms with van der Waals surface area (Å²) in [4.78, 5) is 1.18. The van der Waals surface area contributed by atoms with E-state index in [4.69, 9.17) is 5.14 Å². The Morgan fingerprint density at radius 1 is 1.09 bits per heavy atom. The smallest absolute Gasteiger partial charge is 0.370 e. The highest BCUT2D eigenvalue weighted by molar-refractivity contribution is 7.89. The van der Waals surface area contributed by atoms with Crippen LogP contribution >= 0.6 is 0 Å². The van der Waals surface area contributed by atoms with Crippen LogP contribution in [-0.4, -0.2) is 21.5 Å². The summed E-state index contributed by atoms with van der Waals surface area (Å²) >= 11 is 0. The van der Waals surface area contributed by atoms with Crippen LogP contribution in [0.25, 0.3) is 0 Å². The van der Waals surface area contributed by atoms with Crippen molar-refractivity contribution >= 4 is 15.7 Å². The number of hydrogen-bond donors (Lipinski definition) is 1. The highest BCUT2D eigenvalue weighted by Gasteiger charge is 2.39. The van der Waals surface area contributed by atoms with Gasteiger partial charge < -0.3 is 4.90 Å². The maximum Gasteiger partial charge on any atom is 0.418 e. The Morgan fingerprint density at radius 3 is 2.13 bits per heavy atom. The lowest BCUT2D eigenvalue weighted by Crippen LogP contribution is -2.24. The summed E-state index contributed by atoms with van der Waals surface area (Å²) < 4.78 is 62.8. The molecule has 0 spiro atoms. The quantitative estimate of drug-likeness (QED) is 0.838. The van der Waals surface area contributed by atoms with E-state index in [2.05, 4.69) is 12.2 Å². The molecule has 3 rings (SSSR count). The number of benzene rings is 1. The van der Waals surface area contributed by atoms with Crippen molar-refractivity contribution in [1.82, 2.24) is 0 Å². The number of nitrogens with two attached hydrogens (primary N) is 1. The van der Waals surface area contributed by atoms with Gasteiger partial charge in [-0.1, -0.05) is 12.2 Å². The molecule has 2 unspecified atom stereocenters. The lowest BCUT2D eigenvalue weighted by atomic mass is 9.86. The highest BCUT2D eigenvalue weighted by atomic mass is 32.2. The highest BCUT2D eigenvalue weighted by Crippen LogP contribution is 2.42. The molecular weight excluding hydrogens is 329 g/mol. The average Bonchev–Trinajstić information content (AvgIpc) is 2.88. The largest absolute Gasteiger partial charge is 0.418 e. The van der Waals surface area contributed by atoms with E-state index in [-0.39, 0.29) is 5.69 Å². The molecule has 1 aliphatic heterocycles. The van der Waals surface area contributed by atoms with Crippen LogP contribution in [0.1, 0.15) is 18.4 Å². The summed E-state index contributed by atoms with van der Waals surface area (Å²) in [6.45, 7) is 1.10. The zero-order chi connectivity index (χ0) is 16.8. The van der Waals surface area contributed by atoms with Gasteiger partial charge in [-0.2, -0.15) is 13.2 Å². The van der Waals surface area contributed by atoms with Crippen LogP contribution in [0.4, 0.5) is 18.9 Å². The van der Waals surface area contributed by atoms with Crippen molar-refractivity contribution < 1.29 is 21.6 Å². The summed E-state index contributed by atoms with van der Waals surface area (Å²) in [6, 6.07) is 2.98. The van der Waals surface area contributed by atoms with Crippen molar-refractivity contribution in [3.05, 3.63) is 35.9 Å².